The molecule has 1 heterocycles. The van der Waals surface area contributed by atoms with Crippen molar-refractivity contribution in [3.8, 4) is 0 Å². The molecule has 0 saturated carbocycles. The Kier molecular flexibility index (Phi) is 5.51. The van der Waals surface area contributed by atoms with Gasteiger partial charge in [0.2, 0.25) is 0 Å². The fourth-order valence-electron chi connectivity index (χ4n) is 3.75. The third kappa shape index (κ3) is 4.09. The number of carboxylic acids is 1. The summed E-state index contributed by atoms with van der Waals surface area (Å²) in [6.07, 6.45) is 2.06. The molecule has 0 bridgehead atoms. The predicted molar refractivity (Wildman–Crippen MR) is 97.8 cm³/mol. The molecule has 0 radical (unpaired) electrons. The largest absolute Gasteiger partial charge is 0.478 e. The Bertz CT molecular complexity index is 734. The number of aliphatic hydroxyl groups excluding tert-OH is 1. The Morgan fingerprint density at radius 1 is 1.16 bits per heavy atom. The second kappa shape index (κ2) is 7.81. The molecule has 1 aliphatic rings. The fraction of sp³-hybridized carbons (Fsp3) is 0.381. The molecule has 1 aliphatic heterocycles. The van der Waals surface area contributed by atoms with Crippen molar-refractivity contribution in [2.45, 2.75) is 38.8 Å². The highest BCUT2D eigenvalue weighted by Gasteiger charge is 2.23. The van der Waals surface area contributed by atoms with Gasteiger partial charge in [-0.15, -0.1) is 0 Å². The molecule has 0 atom stereocenters. The van der Waals surface area contributed by atoms with Gasteiger partial charge in [0.1, 0.15) is 0 Å². The van der Waals surface area contributed by atoms with E-state index in [1.807, 2.05) is 13.0 Å². The number of carboxylic acid groups (broad SMARTS) is 1. The number of benzene rings is 2. The van der Waals surface area contributed by atoms with Gasteiger partial charge in [0.05, 0.1) is 12.2 Å². The van der Waals surface area contributed by atoms with Crippen LogP contribution in [-0.4, -0.2) is 34.2 Å². The van der Waals surface area contributed by atoms with Crippen LogP contribution in [0.1, 0.15) is 51.4 Å². The summed E-state index contributed by atoms with van der Waals surface area (Å²) in [5.74, 6) is -0.577. The first-order valence-electron chi connectivity index (χ1n) is 8.82. The van der Waals surface area contributed by atoms with Crippen molar-refractivity contribution >= 4 is 5.97 Å². The zero-order chi connectivity index (χ0) is 17.8. The lowest BCUT2D eigenvalue weighted by Crippen LogP contribution is -2.32. The van der Waals surface area contributed by atoms with Gasteiger partial charge in [-0.25, -0.2) is 4.79 Å². The van der Waals surface area contributed by atoms with Crippen LogP contribution in [0, 0.1) is 6.92 Å². The molecule has 2 N–H and O–H groups in total. The number of rotatable bonds is 5. The quantitative estimate of drug-likeness (QED) is 0.874. The Balaban J connectivity index is 1.69. The maximum absolute atomic E-state index is 11.5. The first-order valence-corrected chi connectivity index (χ1v) is 8.82. The van der Waals surface area contributed by atoms with Gasteiger partial charge in [-0.3, -0.25) is 4.90 Å². The van der Waals surface area contributed by atoms with E-state index in [-0.39, 0.29) is 12.2 Å². The summed E-state index contributed by atoms with van der Waals surface area (Å²) < 4.78 is 0. The summed E-state index contributed by atoms with van der Waals surface area (Å²) in [6.45, 7) is 4.65. The highest BCUT2D eigenvalue weighted by molar-refractivity contribution is 5.90. The first-order chi connectivity index (χ1) is 12.1. The lowest BCUT2D eigenvalue weighted by molar-refractivity contribution is 0.0693. The molecular weight excluding hydrogens is 314 g/mol. The highest BCUT2D eigenvalue weighted by atomic mass is 16.4. The Morgan fingerprint density at radius 3 is 2.44 bits per heavy atom. The van der Waals surface area contributed by atoms with Gasteiger partial charge < -0.3 is 10.2 Å². The molecule has 1 saturated heterocycles. The number of hydrogen-bond donors (Lipinski definition) is 2. The minimum Gasteiger partial charge on any atom is -0.478 e. The Labute approximate surface area is 148 Å². The van der Waals surface area contributed by atoms with Crippen LogP contribution in [0.4, 0.5) is 0 Å². The van der Waals surface area contributed by atoms with Crippen molar-refractivity contribution in [1.82, 2.24) is 4.90 Å². The van der Waals surface area contributed by atoms with Crippen LogP contribution >= 0.6 is 0 Å². The molecule has 132 valence electrons. The molecule has 25 heavy (non-hydrogen) atoms. The van der Waals surface area contributed by atoms with Gasteiger partial charge in [0, 0.05) is 6.54 Å². The molecule has 0 aliphatic carbocycles. The molecule has 1 fully saturated rings. The maximum Gasteiger partial charge on any atom is 0.336 e. The maximum atomic E-state index is 11.5. The third-order valence-electron chi connectivity index (χ3n) is 5.19. The molecular formula is C21H25NO3. The lowest BCUT2D eigenvalue weighted by atomic mass is 9.86. The van der Waals surface area contributed by atoms with Crippen LogP contribution in [0.15, 0.2) is 42.5 Å². The second-order valence-electron chi connectivity index (χ2n) is 6.86. The lowest BCUT2D eigenvalue weighted by Gasteiger charge is -2.32. The van der Waals surface area contributed by atoms with Crippen molar-refractivity contribution in [2.75, 3.05) is 13.1 Å². The third-order valence-corrected chi connectivity index (χ3v) is 5.19. The summed E-state index contributed by atoms with van der Waals surface area (Å²) in [6, 6.07) is 14.3. The normalized spacial score (nSPS) is 16.1. The minimum atomic E-state index is -0.962. The number of likely N-dealkylation sites (tertiary alicyclic amines) is 1. The van der Waals surface area contributed by atoms with Crippen LogP contribution in [0.3, 0.4) is 0 Å². The number of piperidine rings is 1. The molecule has 3 rings (SSSR count). The molecule has 4 heteroatoms. The predicted octanol–water partition coefficient (Wildman–Crippen LogP) is 3.57. The standard InChI is InChI=1S/C21H25NO3/c1-15-11-18(12-19(21(24)25)20(15)14-23)17-7-9-22(10-8-17)13-16-5-3-2-4-6-16/h2-6,11-12,17,23H,7-10,13-14H2,1H3,(H,24,25). The zero-order valence-electron chi connectivity index (χ0n) is 14.6. The van der Waals surface area contributed by atoms with E-state index in [0.717, 1.165) is 43.6 Å². The van der Waals surface area contributed by atoms with E-state index in [1.54, 1.807) is 6.07 Å². The SMILES string of the molecule is Cc1cc(C2CCN(Cc3ccccc3)CC2)cc(C(=O)O)c1CO. The van der Waals surface area contributed by atoms with E-state index >= 15 is 0 Å². The topological polar surface area (TPSA) is 60.8 Å². The Hall–Kier alpha value is -2.17. The van der Waals surface area contributed by atoms with E-state index in [0.29, 0.717) is 11.5 Å². The molecule has 2 aromatic carbocycles. The number of nitrogens with zero attached hydrogens (tertiary/aromatic N) is 1. The minimum absolute atomic E-state index is 0.233. The van der Waals surface area contributed by atoms with Gasteiger partial charge in [-0.05, 0) is 67.1 Å². The van der Waals surface area contributed by atoms with E-state index in [4.69, 9.17) is 0 Å². The summed E-state index contributed by atoms with van der Waals surface area (Å²) in [5.41, 5.74) is 4.05. The van der Waals surface area contributed by atoms with Crippen molar-refractivity contribution in [3.05, 3.63) is 70.3 Å². The second-order valence-corrected chi connectivity index (χ2v) is 6.86. The zero-order valence-corrected chi connectivity index (χ0v) is 14.6. The summed E-state index contributed by atoms with van der Waals surface area (Å²) in [4.78, 5) is 14.0. The number of aryl methyl sites for hydroxylation is 1. The van der Waals surface area contributed by atoms with Gasteiger partial charge in [-0.1, -0.05) is 36.4 Å². The van der Waals surface area contributed by atoms with Crippen LogP contribution < -0.4 is 0 Å². The first kappa shape index (κ1) is 17.6. The molecule has 0 amide bonds. The highest BCUT2D eigenvalue weighted by Crippen LogP contribution is 2.31. The number of hydrogen-bond acceptors (Lipinski definition) is 3. The van der Waals surface area contributed by atoms with Crippen LogP contribution in [-0.2, 0) is 13.2 Å². The van der Waals surface area contributed by atoms with E-state index in [9.17, 15) is 15.0 Å². The smallest absolute Gasteiger partial charge is 0.336 e. The van der Waals surface area contributed by atoms with E-state index < -0.39 is 5.97 Å². The average Bonchev–Trinajstić information content (AvgIpc) is 2.62. The molecule has 0 unspecified atom stereocenters. The van der Waals surface area contributed by atoms with Crippen LogP contribution in [0.2, 0.25) is 0 Å². The molecule has 4 nitrogen and oxygen atoms in total. The summed E-state index contributed by atoms with van der Waals surface area (Å²) in [5, 5.41) is 18.9. The van der Waals surface area contributed by atoms with Gasteiger partial charge in [-0.2, -0.15) is 0 Å². The van der Waals surface area contributed by atoms with Crippen molar-refractivity contribution < 1.29 is 15.0 Å². The summed E-state index contributed by atoms with van der Waals surface area (Å²) >= 11 is 0. The van der Waals surface area contributed by atoms with Crippen molar-refractivity contribution in [3.63, 3.8) is 0 Å². The number of aromatic carboxylic acids is 1. The van der Waals surface area contributed by atoms with Crippen LogP contribution in [0.5, 0.6) is 0 Å². The number of carbonyl (C=O) groups is 1. The number of aliphatic hydroxyl groups is 1. The molecule has 0 spiro atoms. The fourth-order valence-corrected chi connectivity index (χ4v) is 3.75. The summed E-state index contributed by atoms with van der Waals surface area (Å²) in [7, 11) is 0. The van der Waals surface area contributed by atoms with Gasteiger partial charge in [0.25, 0.3) is 0 Å². The van der Waals surface area contributed by atoms with Gasteiger partial charge in [0.15, 0.2) is 0 Å². The van der Waals surface area contributed by atoms with E-state index in [2.05, 4.69) is 35.2 Å². The van der Waals surface area contributed by atoms with Crippen molar-refractivity contribution in [2.24, 2.45) is 0 Å². The van der Waals surface area contributed by atoms with Gasteiger partial charge >= 0.3 is 5.97 Å². The van der Waals surface area contributed by atoms with Crippen molar-refractivity contribution in [1.29, 1.82) is 0 Å². The molecule has 0 aromatic heterocycles. The Morgan fingerprint density at radius 2 is 1.84 bits per heavy atom. The van der Waals surface area contributed by atoms with Crippen LogP contribution in [0.25, 0.3) is 0 Å². The molecule has 2 aromatic rings. The monoisotopic (exact) mass is 339 g/mol. The van der Waals surface area contributed by atoms with E-state index in [1.165, 1.54) is 5.56 Å². The average molecular weight is 339 g/mol.